The minimum Gasteiger partial charge on any atom is -0.361 e. The van der Waals surface area contributed by atoms with E-state index in [1.807, 2.05) is 0 Å². The van der Waals surface area contributed by atoms with Gasteiger partial charge in [0.2, 0.25) is 0 Å². The van der Waals surface area contributed by atoms with Gasteiger partial charge in [0.15, 0.2) is 16.8 Å². The highest BCUT2D eigenvalue weighted by molar-refractivity contribution is 8.13. The van der Waals surface area contributed by atoms with Crippen molar-refractivity contribution in [1.29, 1.82) is 0 Å². The summed E-state index contributed by atoms with van der Waals surface area (Å²) in [5.74, 6) is -0.561. The molecule has 0 radical (unpaired) electrons. The molecule has 0 bridgehead atoms. The van der Waals surface area contributed by atoms with E-state index in [2.05, 4.69) is 10.3 Å². The van der Waals surface area contributed by atoms with Crippen molar-refractivity contribution < 1.29 is 8.78 Å². The number of amidine groups is 1. The lowest BCUT2D eigenvalue weighted by Crippen LogP contribution is -2.23. The van der Waals surface area contributed by atoms with Crippen LogP contribution in [-0.4, -0.2) is 17.5 Å². The van der Waals surface area contributed by atoms with Gasteiger partial charge in [-0.3, -0.25) is 4.99 Å². The van der Waals surface area contributed by atoms with Crippen molar-refractivity contribution in [1.82, 2.24) is 5.32 Å². The fourth-order valence-corrected chi connectivity index (χ4v) is 2.22. The number of hydrogen-bond donors (Lipinski definition) is 1. The Morgan fingerprint density at radius 2 is 2.19 bits per heavy atom. The molecule has 0 aliphatic carbocycles. The molecule has 1 aliphatic heterocycles. The van der Waals surface area contributed by atoms with Crippen LogP contribution in [0.2, 0.25) is 0 Å². The van der Waals surface area contributed by atoms with Crippen molar-refractivity contribution >= 4 is 16.9 Å². The summed E-state index contributed by atoms with van der Waals surface area (Å²) in [7, 11) is 0. The number of thioether (sulfide) groups is 1. The smallest absolute Gasteiger partial charge is 0.159 e. The molecule has 2 rings (SSSR count). The summed E-state index contributed by atoms with van der Waals surface area (Å²) >= 11 is 1.66. The van der Waals surface area contributed by atoms with Crippen LogP contribution in [-0.2, 0) is 6.54 Å². The zero-order chi connectivity index (χ0) is 11.4. The molecular formula is C11H12F2N2S. The summed E-state index contributed by atoms with van der Waals surface area (Å²) < 4.78 is 25.6. The van der Waals surface area contributed by atoms with Crippen LogP contribution in [0.5, 0.6) is 0 Å². The Balaban J connectivity index is 1.94. The van der Waals surface area contributed by atoms with E-state index in [0.717, 1.165) is 30.0 Å². The average molecular weight is 242 g/mol. The standard InChI is InChI=1S/C11H12F2N2S/c12-9-3-2-8(6-10(9)13)7-15-11-14-4-1-5-16-11/h2-3,6H,1,4-5,7H2,(H,14,15). The number of rotatable bonds is 2. The first-order chi connectivity index (χ1) is 7.75. The first kappa shape index (κ1) is 11.4. The lowest BCUT2D eigenvalue weighted by Gasteiger charge is -2.13. The third-order valence-corrected chi connectivity index (χ3v) is 3.26. The first-order valence-electron chi connectivity index (χ1n) is 5.11. The molecule has 1 aromatic carbocycles. The summed E-state index contributed by atoms with van der Waals surface area (Å²) in [6.45, 7) is 1.32. The van der Waals surface area contributed by atoms with Gasteiger partial charge < -0.3 is 5.32 Å². The molecule has 1 aliphatic rings. The van der Waals surface area contributed by atoms with Gasteiger partial charge in [0, 0.05) is 18.8 Å². The molecule has 0 atom stereocenters. The molecule has 0 saturated heterocycles. The minimum absolute atomic E-state index is 0.475. The second-order valence-electron chi connectivity index (χ2n) is 3.49. The van der Waals surface area contributed by atoms with Crippen LogP contribution >= 0.6 is 11.8 Å². The van der Waals surface area contributed by atoms with Crippen LogP contribution < -0.4 is 5.32 Å². The third kappa shape index (κ3) is 2.95. The van der Waals surface area contributed by atoms with Crippen molar-refractivity contribution in [2.24, 2.45) is 4.99 Å². The van der Waals surface area contributed by atoms with Gasteiger partial charge in [-0.1, -0.05) is 17.8 Å². The Hall–Kier alpha value is -1.10. The Kier molecular flexibility index (Phi) is 3.77. The number of halogens is 2. The topological polar surface area (TPSA) is 24.4 Å². The van der Waals surface area contributed by atoms with Gasteiger partial charge in [0.05, 0.1) is 0 Å². The largest absolute Gasteiger partial charge is 0.361 e. The van der Waals surface area contributed by atoms with Gasteiger partial charge in [0.1, 0.15) is 0 Å². The van der Waals surface area contributed by atoms with Crippen molar-refractivity contribution in [2.45, 2.75) is 13.0 Å². The molecule has 0 amide bonds. The fraction of sp³-hybridized carbons (Fsp3) is 0.364. The van der Waals surface area contributed by atoms with Gasteiger partial charge >= 0.3 is 0 Å². The zero-order valence-electron chi connectivity index (χ0n) is 8.67. The van der Waals surface area contributed by atoms with E-state index in [-0.39, 0.29) is 0 Å². The fourth-order valence-electron chi connectivity index (χ4n) is 1.39. The molecule has 1 aromatic rings. The molecule has 1 heterocycles. The molecule has 0 unspecified atom stereocenters. The second-order valence-corrected chi connectivity index (χ2v) is 4.57. The van der Waals surface area contributed by atoms with Gasteiger partial charge in [0.25, 0.3) is 0 Å². The van der Waals surface area contributed by atoms with E-state index in [1.165, 1.54) is 6.07 Å². The maximum absolute atomic E-state index is 12.9. The monoisotopic (exact) mass is 242 g/mol. The highest BCUT2D eigenvalue weighted by Gasteiger charge is 2.06. The predicted octanol–water partition coefficient (Wildman–Crippen LogP) is 2.55. The van der Waals surface area contributed by atoms with Crippen molar-refractivity contribution in [3.63, 3.8) is 0 Å². The number of aliphatic imine (C=N–C) groups is 1. The maximum atomic E-state index is 12.9. The molecule has 16 heavy (non-hydrogen) atoms. The minimum atomic E-state index is -0.812. The Morgan fingerprint density at radius 3 is 2.88 bits per heavy atom. The number of benzene rings is 1. The predicted molar refractivity (Wildman–Crippen MR) is 62.6 cm³/mol. The van der Waals surface area contributed by atoms with E-state index in [9.17, 15) is 8.78 Å². The highest BCUT2D eigenvalue weighted by Crippen LogP contribution is 2.12. The Bertz CT molecular complexity index is 407. The summed E-state index contributed by atoms with van der Waals surface area (Å²) in [6, 6.07) is 3.91. The Morgan fingerprint density at radius 1 is 1.31 bits per heavy atom. The molecule has 0 saturated carbocycles. The molecule has 2 nitrogen and oxygen atoms in total. The molecule has 5 heteroatoms. The van der Waals surface area contributed by atoms with Crippen molar-refractivity contribution in [3.05, 3.63) is 35.4 Å². The summed E-state index contributed by atoms with van der Waals surface area (Å²) in [6.07, 6.45) is 1.10. The normalized spacial score (nSPS) is 15.8. The van der Waals surface area contributed by atoms with Crippen LogP contribution in [0.1, 0.15) is 12.0 Å². The molecule has 0 aromatic heterocycles. The van der Waals surface area contributed by atoms with Crippen molar-refractivity contribution in [2.75, 3.05) is 12.3 Å². The third-order valence-electron chi connectivity index (χ3n) is 2.22. The van der Waals surface area contributed by atoms with E-state index in [4.69, 9.17) is 0 Å². The number of hydrogen-bond acceptors (Lipinski definition) is 3. The van der Waals surface area contributed by atoms with Gasteiger partial charge in [-0.2, -0.15) is 0 Å². The van der Waals surface area contributed by atoms with Crippen LogP contribution in [0.25, 0.3) is 0 Å². The zero-order valence-corrected chi connectivity index (χ0v) is 9.49. The van der Waals surface area contributed by atoms with Crippen molar-refractivity contribution in [3.8, 4) is 0 Å². The molecule has 1 N–H and O–H groups in total. The van der Waals surface area contributed by atoms with Crippen LogP contribution in [0.15, 0.2) is 23.2 Å². The SMILES string of the molecule is Fc1ccc(CNC2=NCCCS2)cc1F. The van der Waals surface area contributed by atoms with E-state index in [1.54, 1.807) is 17.8 Å². The number of nitrogens with one attached hydrogen (secondary N) is 1. The van der Waals surface area contributed by atoms with Crippen LogP contribution in [0.4, 0.5) is 8.78 Å². The quantitative estimate of drug-likeness (QED) is 0.862. The van der Waals surface area contributed by atoms with E-state index in [0.29, 0.717) is 12.1 Å². The van der Waals surface area contributed by atoms with E-state index >= 15 is 0 Å². The molecule has 0 fully saturated rings. The first-order valence-corrected chi connectivity index (χ1v) is 6.09. The molecular weight excluding hydrogens is 230 g/mol. The number of nitrogens with zero attached hydrogens (tertiary/aromatic N) is 1. The molecule has 86 valence electrons. The maximum Gasteiger partial charge on any atom is 0.159 e. The van der Waals surface area contributed by atoms with Crippen LogP contribution in [0.3, 0.4) is 0 Å². The molecule has 0 spiro atoms. The van der Waals surface area contributed by atoms with Gasteiger partial charge in [-0.25, -0.2) is 8.78 Å². The van der Waals surface area contributed by atoms with Gasteiger partial charge in [-0.05, 0) is 24.1 Å². The summed E-state index contributed by atoms with van der Waals surface area (Å²) in [5.41, 5.74) is 0.716. The Labute approximate surface area is 97.1 Å². The summed E-state index contributed by atoms with van der Waals surface area (Å²) in [4.78, 5) is 4.29. The lowest BCUT2D eigenvalue weighted by molar-refractivity contribution is 0.507. The summed E-state index contributed by atoms with van der Waals surface area (Å²) in [5, 5.41) is 3.99. The van der Waals surface area contributed by atoms with E-state index < -0.39 is 11.6 Å². The average Bonchev–Trinajstić information content (AvgIpc) is 2.32. The lowest BCUT2D eigenvalue weighted by atomic mass is 10.2. The van der Waals surface area contributed by atoms with Crippen LogP contribution in [0, 0.1) is 11.6 Å². The van der Waals surface area contributed by atoms with Gasteiger partial charge in [-0.15, -0.1) is 0 Å². The second kappa shape index (κ2) is 5.30. The highest BCUT2D eigenvalue weighted by atomic mass is 32.2.